The van der Waals surface area contributed by atoms with Crippen LogP contribution in [0.5, 0.6) is 0 Å². The molecule has 29 heavy (non-hydrogen) atoms. The van der Waals surface area contributed by atoms with Crippen LogP contribution in [0.1, 0.15) is 62.9 Å². The summed E-state index contributed by atoms with van der Waals surface area (Å²) < 4.78 is 5.78. The number of ketones is 1. The lowest BCUT2D eigenvalue weighted by atomic mass is 9.92. The van der Waals surface area contributed by atoms with Crippen LogP contribution in [0.3, 0.4) is 0 Å². The molecule has 7 heteroatoms. The van der Waals surface area contributed by atoms with Gasteiger partial charge in [0.2, 0.25) is 0 Å². The molecule has 1 aromatic rings. The molecule has 1 aliphatic rings. The molecule has 1 heterocycles. The molecule has 160 valence electrons. The number of esters is 1. The largest absolute Gasteiger partial charge is 0.461 e. The minimum atomic E-state index is -0.391. The Kier molecular flexibility index (Phi) is 10.1. The van der Waals surface area contributed by atoms with Gasteiger partial charge in [-0.15, -0.1) is 17.9 Å². The predicted octanol–water partition coefficient (Wildman–Crippen LogP) is 5.06. The molecule has 1 fully saturated rings. The number of rotatable bonds is 12. The van der Waals surface area contributed by atoms with Crippen LogP contribution in [-0.4, -0.2) is 40.3 Å². The van der Waals surface area contributed by atoms with Gasteiger partial charge in [0.1, 0.15) is 5.78 Å². The average Bonchev–Trinajstić information content (AvgIpc) is 3.28. The summed E-state index contributed by atoms with van der Waals surface area (Å²) in [6.07, 6.45) is 8.29. The van der Waals surface area contributed by atoms with E-state index in [0.29, 0.717) is 30.9 Å². The average molecular weight is 438 g/mol. The zero-order chi connectivity index (χ0) is 21.2. The summed E-state index contributed by atoms with van der Waals surface area (Å²) >= 11 is 3.01. The van der Waals surface area contributed by atoms with Gasteiger partial charge < -0.3 is 9.84 Å². The van der Waals surface area contributed by atoms with Gasteiger partial charge in [0, 0.05) is 23.5 Å². The molecule has 5 nitrogen and oxygen atoms in total. The third-order valence-electron chi connectivity index (χ3n) is 4.97. The third-order valence-corrected chi connectivity index (χ3v) is 7.03. The molecule has 0 bridgehead atoms. The van der Waals surface area contributed by atoms with E-state index in [-0.39, 0.29) is 17.9 Å². The maximum absolute atomic E-state index is 12.3. The van der Waals surface area contributed by atoms with Crippen LogP contribution in [0.25, 0.3) is 0 Å². The van der Waals surface area contributed by atoms with Crippen molar-refractivity contribution in [1.82, 2.24) is 4.98 Å². The smallest absolute Gasteiger partial charge is 0.357 e. The van der Waals surface area contributed by atoms with E-state index in [4.69, 9.17) is 4.74 Å². The number of ether oxygens (including phenoxy) is 1. The topological polar surface area (TPSA) is 76.5 Å². The second-order valence-corrected chi connectivity index (χ2v) is 9.65. The van der Waals surface area contributed by atoms with Crippen LogP contribution >= 0.6 is 23.1 Å². The monoisotopic (exact) mass is 437 g/mol. The van der Waals surface area contributed by atoms with Crippen molar-refractivity contribution in [3.8, 4) is 0 Å². The zero-order valence-electron chi connectivity index (χ0n) is 17.3. The number of aliphatic hydroxyl groups is 1. The lowest BCUT2D eigenvalue weighted by molar-refractivity contribution is -0.121. The third kappa shape index (κ3) is 8.07. The molecule has 0 spiro atoms. The molecule has 1 N–H and O–H groups in total. The fourth-order valence-corrected chi connectivity index (χ4v) is 5.26. The van der Waals surface area contributed by atoms with E-state index in [1.807, 2.05) is 13.0 Å². The summed E-state index contributed by atoms with van der Waals surface area (Å²) in [5.41, 5.74) is 1.43. The molecule has 0 aromatic carbocycles. The van der Waals surface area contributed by atoms with Crippen molar-refractivity contribution in [2.24, 2.45) is 11.8 Å². The van der Waals surface area contributed by atoms with E-state index in [2.05, 4.69) is 17.6 Å². The Morgan fingerprint density at radius 1 is 1.55 bits per heavy atom. The summed E-state index contributed by atoms with van der Waals surface area (Å²) in [4.78, 5) is 28.3. The molecule has 1 saturated carbocycles. The Bertz CT molecular complexity index is 728. The first kappa shape index (κ1) is 23.8. The van der Waals surface area contributed by atoms with Crippen molar-refractivity contribution in [1.29, 1.82) is 0 Å². The molecule has 0 radical (unpaired) electrons. The van der Waals surface area contributed by atoms with Crippen molar-refractivity contribution in [2.75, 3.05) is 12.4 Å². The van der Waals surface area contributed by atoms with Crippen molar-refractivity contribution in [2.45, 2.75) is 62.8 Å². The number of aromatic nitrogens is 1. The van der Waals surface area contributed by atoms with Gasteiger partial charge in [0.15, 0.2) is 10.0 Å². The summed E-state index contributed by atoms with van der Waals surface area (Å²) in [6, 6.07) is 0. The molecular weight excluding hydrogens is 406 g/mol. The Hall–Kier alpha value is -1.44. The van der Waals surface area contributed by atoms with Crippen LogP contribution in [-0.2, 0) is 9.53 Å². The number of hydrogen-bond acceptors (Lipinski definition) is 7. The lowest BCUT2D eigenvalue weighted by Gasteiger charge is -2.15. The predicted molar refractivity (Wildman–Crippen MR) is 118 cm³/mol. The lowest BCUT2D eigenvalue weighted by Crippen LogP contribution is -2.14. The molecule has 0 aliphatic heterocycles. The highest BCUT2D eigenvalue weighted by atomic mass is 32.2. The quantitative estimate of drug-likeness (QED) is 0.280. The molecule has 1 aromatic heterocycles. The highest BCUT2D eigenvalue weighted by Gasteiger charge is 2.32. The molecule has 0 saturated heterocycles. The van der Waals surface area contributed by atoms with E-state index in [9.17, 15) is 14.7 Å². The second-order valence-electron chi connectivity index (χ2n) is 7.45. The van der Waals surface area contributed by atoms with Gasteiger partial charge >= 0.3 is 5.97 Å². The van der Waals surface area contributed by atoms with E-state index >= 15 is 0 Å². The summed E-state index contributed by atoms with van der Waals surface area (Å²) in [5.74, 6) is 1.02. The van der Waals surface area contributed by atoms with Gasteiger partial charge in [-0.25, -0.2) is 9.78 Å². The number of thioether (sulfide) groups is 1. The molecule has 1 aliphatic carbocycles. The fourth-order valence-electron chi connectivity index (χ4n) is 3.38. The van der Waals surface area contributed by atoms with Gasteiger partial charge in [0.05, 0.1) is 12.7 Å². The molecule has 0 unspecified atom stereocenters. The van der Waals surface area contributed by atoms with Crippen molar-refractivity contribution < 1.29 is 19.4 Å². The van der Waals surface area contributed by atoms with E-state index in [0.717, 1.165) is 41.3 Å². The number of aliphatic hydroxyl groups excluding tert-OH is 1. The van der Waals surface area contributed by atoms with E-state index in [1.54, 1.807) is 24.1 Å². The summed E-state index contributed by atoms with van der Waals surface area (Å²) in [5, 5.41) is 11.7. The minimum absolute atomic E-state index is 0.0378. The van der Waals surface area contributed by atoms with Gasteiger partial charge in [-0.1, -0.05) is 29.5 Å². The van der Waals surface area contributed by atoms with E-state index < -0.39 is 5.97 Å². The van der Waals surface area contributed by atoms with E-state index in [1.165, 1.54) is 11.3 Å². The van der Waals surface area contributed by atoms with Crippen molar-refractivity contribution in [3.05, 3.63) is 35.4 Å². The molecule has 0 amide bonds. The maximum atomic E-state index is 12.3. The Balaban J connectivity index is 1.78. The summed E-state index contributed by atoms with van der Waals surface area (Å²) in [7, 11) is 0. The van der Waals surface area contributed by atoms with Gasteiger partial charge in [-0.05, 0) is 51.9 Å². The van der Waals surface area contributed by atoms with Crippen LogP contribution in [0.2, 0.25) is 0 Å². The highest BCUT2D eigenvalue weighted by Crippen LogP contribution is 2.35. The minimum Gasteiger partial charge on any atom is -0.461 e. The highest BCUT2D eigenvalue weighted by molar-refractivity contribution is 8.01. The van der Waals surface area contributed by atoms with Crippen LogP contribution in [0.4, 0.5) is 0 Å². The molecule has 2 rings (SSSR count). The number of carbonyl (C=O) groups is 2. The number of allylic oxidation sites excluding steroid dienone is 2. The Morgan fingerprint density at radius 3 is 3.07 bits per heavy atom. The van der Waals surface area contributed by atoms with Crippen molar-refractivity contribution in [3.63, 3.8) is 0 Å². The number of Topliss-reactive ketones (excluding diaryl/α,β-unsaturated/α-hetero) is 1. The molecule has 3 atom stereocenters. The number of hydrogen-bond donors (Lipinski definition) is 1. The van der Waals surface area contributed by atoms with Crippen LogP contribution in [0, 0.1) is 11.8 Å². The summed E-state index contributed by atoms with van der Waals surface area (Å²) in [6.45, 7) is 7.94. The number of nitrogens with zero attached hydrogens (tertiary/aromatic N) is 1. The SMILES string of the molecule is C=C(C)CC[C@H](O)CC=C[C@H]1CCC(=O)[C@@H]1CCSc1nc(C(=O)OCC)cs1. The first-order valence-electron chi connectivity index (χ1n) is 10.2. The number of carbonyl (C=O) groups excluding carboxylic acids is 2. The normalized spacial score (nSPS) is 20.3. The maximum Gasteiger partial charge on any atom is 0.357 e. The second kappa shape index (κ2) is 12.3. The Labute approximate surface area is 181 Å². The standard InChI is InChI=1S/C22H31NO4S2/c1-4-27-21(26)19-14-29-22(23-19)28-13-12-18-16(9-11-20(18)25)6-5-7-17(24)10-8-15(2)3/h5-6,14,16-18,24H,2,4,7-13H2,1,3H3/t16-,17+,18+/m0/s1. The van der Waals surface area contributed by atoms with Crippen LogP contribution < -0.4 is 0 Å². The van der Waals surface area contributed by atoms with Gasteiger partial charge in [-0.2, -0.15) is 0 Å². The first-order chi connectivity index (χ1) is 13.9. The Morgan fingerprint density at radius 2 is 2.34 bits per heavy atom. The van der Waals surface area contributed by atoms with Gasteiger partial charge in [0.25, 0.3) is 0 Å². The van der Waals surface area contributed by atoms with Crippen LogP contribution in [0.15, 0.2) is 34.0 Å². The number of thiazole rings is 1. The van der Waals surface area contributed by atoms with Crippen molar-refractivity contribution >= 4 is 34.9 Å². The van der Waals surface area contributed by atoms with Gasteiger partial charge in [-0.3, -0.25) is 4.79 Å². The molecular formula is C22H31NO4S2. The zero-order valence-corrected chi connectivity index (χ0v) is 18.9. The fraction of sp³-hybridized carbons (Fsp3) is 0.591. The first-order valence-corrected chi connectivity index (χ1v) is 12.0.